The molecule has 1 aliphatic heterocycles. The van der Waals surface area contributed by atoms with Crippen LogP contribution in [-0.2, 0) is 24.1 Å². The average Bonchev–Trinajstić information content (AvgIpc) is 3.16. The van der Waals surface area contributed by atoms with Gasteiger partial charge in [-0.2, -0.15) is 0 Å². The number of anilines is 1. The van der Waals surface area contributed by atoms with E-state index in [2.05, 4.69) is 25.7 Å². The summed E-state index contributed by atoms with van der Waals surface area (Å²) in [6.45, 7) is 9.83. The van der Waals surface area contributed by atoms with Gasteiger partial charge < -0.3 is 9.80 Å². The van der Waals surface area contributed by atoms with Crippen molar-refractivity contribution in [3.63, 3.8) is 0 Å². The van der Waals surface area contributed by atoms with Gasteiger partial charge in [0.15, 0.2) is 0 Å². The third kappa shape index (κ3) is 4.13. The SMILES string of the molecule is CC(C)c1nc(N2CCN(C(=O)Cc3ccccc3)CC2)c2c3c(sc2n1)C[C@H](C)CC3. The summed E-state index contributed by atoms with van der Waals surface area (Å²) in [6, 6.07) is 10.0. The standard InChI is InChI=1S/C26H32N4OS/c1-17(2)24-27-25(23-20-10-9-18(3)15-21(20)32-26(23)28-24)30-13-11-29(12-14-30)22(31)16-19-7-5-4-6-8-19/h4-8,17-18H,9-16H2,1-3H3/t18-/m1/s1. The van der Waals surface area contributed by atoms with Gasteiger partial charge in [-0.1, -0.05) is 51.1 Å². The lowest BCUT2D eigenvalue weighted by molar-refractivity contribution is -0.130. The number of rotatable bonds is 4. The molecule has 168 valence electrons. The molecule has 0 unspecified atom stereocenters. The van der Waals surface area contributed by atoms with Crippen molar-refractivity contribution in [2.75, 3.05) is 31.1 Å². The molecule has 5 rings (SSSR count). The molecule has 6 heteroatoms. The van der Waals surface area contributed by atoms with E-state index in [1.54, 1.807) is 0 Å². The fourth-order valence-electron chi connectivity index (χ4n) is 4.88. The Morgan fingerprint density at radius 3 is 2.59 bits per heavy atom. The number of aromatic nitrogens is 2. The first-order valence-corrected chi connectivity index (χ1v) is 12.7. The monoisotopic (exact) mass is 448 g/mol. The van der Waals surface area contributed by atoms with Crippen molar-refractivity contribution in [3.8, 4) is 0 Å². The predicted molar refractivity (Wildman–Crippen MR) is 132 cm³/mol. The molecule has 3 heterocycles. The first-order valence-electron chi connectivity index (χ1n) is 11.9. The van der Waals surface area contributed by atoms with E-state index in [9.17, 15) is 4.79 Å². The summed E-state index contributed by atoms with van der Waals surface area (Å²) in [6.07, 6.45) is 4.01. The molecule has 1 amide bonds. The summed E-state index contributed by atoms with van der Waals surface area (Å²) in [7, 11) is 0. The summed E-state index contributed by atoms with van der Waals surface area (Å²) >= 11 is 1.88. The number of fused-ring (bicyclic) bond motifs is 3. The molecule has 2 aromatic heterocycles. The maximum atomic E-state index is 12.8. The second-order valence-electron chi connectivity index (χ2n) is 9.62. The lowest BCUT2D eigenvalue weighted by atomic mass is 9.89. The van der Waals surface area contributed by atoms with Crippen LogP contribution < -0.4 is 4.90 Å². The summed E-state index contributed by atoms with van der Waals surface area (Å²) in [5.74, 6) is 3.29. The second-order valence-corrected chi connectivity index (χ2v) is 10.7. The number of benzene rings is 1. The normalized spacial score (nSPS) is 18.9. The molecule has 32 heavy (non-hydrogen) atoms. The summed E-state index contributed by atoms with van der Waals surface area (Å²) < 4.78 is 0. The van der Waals surface area contributed by atoms with Gasteiger partial charge in [-0.3, -0.25) is 4.79 Å². The van der Waals surface area contributed by atoms with Crippen LogP contribution in [0.25, 0.3) is 10.2 Å². The van der Waals surface area contributed by atoms with Crippen molar-refractivity contribution in [1.82, 2.24) is 14.9 Å². The first kappa shape index (κ1) is 21.4. The number of amides is 1. The van der Waals surface area contributed by atoms with Gasteiger partial charge in [-0.05, 0) is 36.3 Å². The Morgan fingerprint density at radius 2 is 1.88 bits per heavy atom. The lowest BCUT2D eigenvalue weighted by Gasteiger charge is -2.36. The largest absolute Gasteiger partial charge is 0.352 e. The minimum absolute atomic E-state index is 0.216. The minimum Gasteiger partial charge on any atom is -0.352 e. The van der Waals surface area contributed by atoms with Gasteiger partial charge in [0.05, 0.1) is 11.8 Å². The van der Waals surface area contributed by atoms with Crippen LogP contribution in [0.3, 0.4) is 0 Å². The molecule has 1 saturated heterocycles. The van der Waals surface area contributed by atoms with Crippen LogP contribution in [-0.4, -0.2) is 47.0 Å². The minimum atomic E-state index is 0.216. The first-order chi connectivity index (χ1) is 15.5. The van der Waals surface area contributed by atoms with Crippen LogP contribution >= 0.6 is 11.3 Å². The van der Waals surface area contributed by atoms with Gasteiger partial charge in [0.25, 0.3) is 0 Å². The van der Waals surface area contributed by atoms with E-state index in [4.69, 9.17) is 9.97 Å². The molecule has 1 atom stereocenters. The Kier molecular flexibility index (Phi) is 5.89. The van der Waals surface area contributed by atoms with Gasteiger partial charge in [0.2, 0.25) is 5.91 Å². The van der Waals surface area contributed by atoms with Crippen LogP contribution in [0, 0.1) is 5.92 Å². The zero-order valence-corrected chi connectivity index (χ0v) is 20.1. The topological polar surface area (TPSA) is 49.3 Å². The highest BCUT2D eigenvalue weighted by Gasteiger charge is 2.28. The third-order valence-electron chi connectivity index (χ3n) is 6.80. The zero-order chi connectivity index (χ0) is 22.2. The zero-order valence-electron chi connectivity index (χ0n) is 19.3. The van der Waals surface area contributed by atoms with Crippen LogP contribution in [0.2, 0.25) is 0 Å². The Hall–Kier alpha value is -2.47. The van der Waals surface area contributed by atoms with Crippen molar-refractivity contribution < 1.29 is 4.79 Å². The van der Waals surface area contributed by atoms with Crippen molar-refractivity contribution in [3.05, 3.63) is 52.2 Å². The van der Waals surface area contributed by atoms with E-state index < -0.39 is 0 Å². The number of piperazine rings is 1. The Balaban J connectivity index is 1.39. The van der Waals surface area contributed by atoms with Crippen molar-refractivity contribution in [1.29, 1.82) is 0 Å². The second kappa shape index (κ2) is 8.81. The van der Waals surface area contributed by atoms with Crippen molar-refractivity contribution >= 4 is 33.3 Å². The van der Waals surface area contributed by atoms with E-state index in [1.807, 2.05) is 46.6 Å². The molecule has 0 radical (unpaired) electrons. The van der Waals surface area contributed by atoms with E-state index in [0.717, 1.165) is 67.0 Å². The van der Waals surface area contributed by atoms with Crippen LogP contribution in [0.15, 0.2) is 30.3 Å². The van der Waals surface area contributed by atoms with Gasteiger partial charge in [0, 0.05) is 37.0 Å². The number of nitrogens with zero attached hydrogens (tertiary/aromatic N) is 4. The van der Waals surface area contributed by atoms with Gasteiger partial charge >= 0.3 is 0 Å². The van der Waals surface area contributed by atoms with E-state index in [1.165, 1.54) is 22.2 Å². The molecule has 0 saturated carbocycles. The van der Waals surface area contributed by atoms with Crippen molar-refractivity contribution in [2.24, 2.45) is 5.92 Å². The number of carbonyl (C=O) groups is 1. The number of aryl methyl sites for hydroxylation is 1. The highest BCUT2D eigenvalue weighted by Crippen LogP contribution is 2.41. The number of hydrogen-bond donors (Lipinski definition) is 0. The quantitative estimate of drug-likeness (QED) is 0.574. The molecule has 5 nitrogen and oxygen atoms in total. The van der Waals surface area contributed by atoms with Crippen LogP contribution in [0.4, 0.5) is 5.82 Å². The molecule has 2 aliphatic rings. The summed E-state index contributed by atoms with van der Waals surface area (Å²) in [5.41, 5.74) is 2.56. The highest BCUT2D eigenvalue weighted by molar-refractivity contribution is 7.19. The van der Waals surface area contributed by atoms with Gasteiger partial charge in [-0.15, -0.1) is 11.3 Å². The number of carbonyl (C=O) groups excluding carboxylic acids is 1. The van der Waals surface area contributed by atoms with Crippen LogP contribution in [0.5, 0.6) is 0 Å². The molecular formula is C26H32N4OS. The maximum Gasteiger partial charge on any atom is 0.227 e. The molecule has 1 aliphatic carbocycles. The van der Waals surface area contributed by atoms with E-state index in [0.29, 0.717) is 12.3 Å². The lowest BCUT2D eigenvalue weighted by Crippen LogP contribution is -2.49. The number of hydrogen-bond acceptors (Lipinski definition) is 5. The Labute approximate surface area is 194 Å². The van der Waals surface area contributed by atoms with Gasteiger partial charge in [-0.25, -0.2) is 9.97 Å². The fraction of sp³-hybridized carbons (Fsp3) is 0.500. The highest BCUT2D eigenvalue weighted by atomic mass is 32.1. The third-order valence-corrected chi connectivity index (χ3v) is 7.95. The molecule has 0 bridgehead atoms. The number of thiophene rings is 1. The van der Waals surface area contributed by atoms with Gasteiger partial charge in [0.1, 0.15) is 16.5 Å². The fourth-order valence-corrected chi connectivity index (χ4v) is 6.26. The van der Waals surface area contributed by atoms with Crippen LogP contribution in [0.1, 0.15) is 54.9 Å². The summed E-state index contributed by atoms with van der Waals surface area (Å²) in [5, 5.41) is 1.28. The Morgan fingerprint density at radius 1 is 1.12 bits per heavy atom. The van der Waals surface area contributed by atoms with E-state index in [-0.39, 0.29) is 5.91 Å². The molecule has 0 spiro atoms. The van der Waals surface area contributed by atoms with Crippen molar-refractivity contribution in [2.45, 2.75) is 52.4 Å². The maximum absolute atomic E-state index is 12.8. The summed E-state index contributed by atoms with van der Waals surface area (Å²) in [4.78, 5) is 29.9. The molecule has 1 aromatic carbocycles. The Bertz CT molecular complexity index is 1120. The predicted octanol–water partition coefficient (Wildman–Crippen LogP) is 4.83. The average molecular weight is 449 g/mol. The molecule has 3 aromatic rings. The smallest absolute Gasteiger partial charge is 0.227 e. The molecular weight excluding hydrogens is 416 g/mol. The van der Waals surface area contributed by atoms with E-state index >= 15 is 0 Å². The molecule has 0 N–H and O–H groups in total. The molecule has 1 fully saturated rings.